The van der Waals surface area contributed by atoms with Gasteiger partial charge in [-0.3, -0.25) is 9.78 Å². The van der Waals surface area contributed by atoms with E-state index in [0.29, 0.717) is 11.5 Å². The van der Waals surface area contributed by atoms with Crippen molar-refractivity contribution in [2.75, 3.05) is 6.61 Å². The van der Waals surface area contributed by atoms with Crippen molar-refractivity contribution in [3.05, 3.63) is 77.0 Å². The second-order valence-electron chi connectivity index (χ2n) is 9.26. The number of esters is 1. The Hall–Kier alpha value is -3.21. The predicted octanol–water partition coefficient (Wildman–Crippen LogP) is 5.11. The van der Waals surface area contributed by atoms with Crippen LogP contribution in [-0.4, -0.2) is 29.5 Å². The van der Waals surface area contributed by atoms with Crippen molar-refractivity contribution < 1.29 is 14.3 Å². The zero-order valence-electron chi connectivity index (χ0n) is 18.9. The van der Waals surface area contributed by atoms with E-state index in [2.05, 4.69) is 29.6 Å². The number of ether oxygens (including phenoxy) is 1. The number of aryl methyl sites for hydroxylation is 1. The second-order valence-corrected chi connectivity index (χ2v) is 9.26. The summed E-state index contributed by atoms with van der Waals surface area (Å²) in [5.41, 5.74) is 4.59. The number of benzene rings is 2. The van der Waals surface area contributed by atoms with E-state index in [-0.39, 0.29) is 18.6 Å². The summed E-state index contributed by atoms with van der Waals surface area (Å²) in [4.78, 5) is 30.6. The fourth-order valence-corrected chi connectivity index (χ4v) is 5.35. The Balaban J connectivity index is 1.39. The number of nitrogens with one attached hydrogen (secondary N) is 1. The highest BCUT2D eigenvalue weighted by Crippen LogP contribution is 2.36. The summed E-state index contributed by atoms with van der Waals surface area (Å²) in [6.07, 6.45) is 8.08. The van der Waals surface area contributed by atoms with E-state index < -0.39 is 5.97 Å². The molecule has 2 aromatic carbocycles. The van der Waals surface area contributed by atoms with Crippen LogP contribution in [0.4, 0.5) is 0 Å². The summed E-state index contributed by atoms with van der Waals surface area (Å²) < 4.78 is 5.57. The maximum Gasteiger partial charge on any atom is 0.339 e. The van der Waals surface area contributed by atoms with Crippen molar-refractivity contribution in [2.45, 2.75) is 63.3 Å². The monoisotopic (exact) mass is 442 g/mol. The molecular formula is C28H30N2O3. The van der Waals surface area contributed by atoms with Gasteiger partial charge in [0.15, 0.2) is 6.61 Å². The number of carbonyl (C=O) groups excluding carboxylic acids is 2. The van der Waals surface area contributed by atoms with Crippen molar-refractivity contribution >= 4 is 22.8 Å². The third kappa shape index (κ3) is 4.77. The van der Waals surface area contributed by atoms with Crippen molar-refractivity contribution in [3.63, 3.8) is 0 Å². The molecule has 1 heterocycles. The van der Waals surface area contributed by atoms with Gasteiger partial charge < -0.3 is 10.1 Å². The predicted molar refractivity (Wildman–Crippen MR) is 128 cm³/mol. The zero-order chi connectivity index (χ0) is 22.6. The van der Waals surface area contributed by atoms with E-state index in [1.54, 1.807) is 0 Å². The van der Waals surface area contributed by atoms with Crippen LogP contribution in [0.5, 0.6) is 0 Å². The Bertz CT molecular complexity index is 1150. The summed E-state index contributed by atoms with van der Waals surface area (Å²) in [7, 11) is 0. The van der Waals surface area contributed by atoms with Gasteiger partial charge in [-0.05, 0) is 55.2 Å². The van der Waals surface area contributed by atoms with Gasteiger partial charge in [0.1, 0.15) is 0 Å². The first kappa shape index (κ1) is 21.6. The standard InChI is InChI=1S/C28H30N2O3/c31-26(29-21-11-5-2-6-12-21)18-33-28(32)27-22-13-7-8-14-24(22)30-25-16-15-20(17-23(25)27)19-9-3-1-4-10-19/h1,3-4,7-10,13-14,20-21H,2,5-6,11-12,15-18H2,(H,29,31). The lowest BCUT2D eigenvalue weighted by Gasteiger charge is -2.27. The molecule has 5 rings (SSSR count). The lowest BCUT2D eigenvalue weighted by Crippen LogP contribution is -2.38. The highest BCUT2D eigenvalue weighted by Gasteiger charge is 2.29. The van der Waals surface area contributed by atoms with E-state index in [1.807, 2.05) is 30.3 Å². The summed E-state index contributed by atoms with van der Waals surface area (Å²) >= 11 is 0. The number of hydrogen-bond donors (Lipinski definition) is 1. The first-order chi connectivity index (χ1) is 16.2. The van der Waals surface area contributed by atoms with Crippen LogP contribution < -0.4 is 5.32 Å². The first-order valence-corrected chi connectivity index (χ1v) is 12.1. The number of amides is 1. The Morgan fingerprint density at radius 3 is 2.52 bits per heavy atom. The minimum atomic E-state index is -0.433. The molecule has 1 unspecified atom stereocenters. The molecule has 0 saturated heterocycles. The molecule has 1 N–H and O–H groups in total. The summed E-state index contributed by atoms with van der Waals surface area (Å²) in [5, 5.41) is 3.82. The van der Waals surface area contributed by atoms with Crippen LogP contribution in [0.3, 0.4) is 0 Å². The summed E-state index contributed by atoms with van der Waals surface area (Å²) in [6, 6.07) is 18.4. The van der Waals surface area contributed by atoms with Gasteiger partial charge in [0.05, 0.1) is 11.1 Å². The van der Waals surface area contributed by atoms with Gasteiger partial charge >= 0.3 is 5.97 Å². The highest BCUT2D eigenvalue weighted by molar-refractivity contribution is 6.05. The molecule has 0 bridgehead atoms. The molecule has 5 heteroatoms. The van der Waals surface area contributed by atoms with Crippen molar-refractivity contribution in [1.29, 1.82) is 0 Å². The molecule has 1 fully saturated rings. The molecule has 33 heavy (non-hydrogen) atoms. The van der Waals surface area contributed by atoms with Crippen LogP contribution >= 0.6 is 0 Å². The maximum atomic E-state index is 13.3. The maximum absolute atomic E-state index is 13.3. The third-order valence-corrected chi connectivity index (χ3v) is 7.04. The third-order valence-electron chi connectivity index (χ3n) is 7.04. The Morgan fingerprint density at radius 2 is 1.70 bits per heavy atom. The molecule has 5 nitrogen and oxygen atoms in total. The van der Waals surface area contributed by atoms with Crippen LogP contribution in [-0.2, 0) is 22.4 Å². The summed E-state index contributed by atoms with van der Waals surface area (Å²) in [5.74, 6) is -0.315. The number of nitrogens with zero attached hydrogens (tertiary/aromatic N) is 1. The minimum absolute atomic E-state index is 0.200. The van der Waals surface area contributed by atoms with E-state index in [9.17, 15) is 9.59 Å². The number of aromatic nitrogens is 1. The molecule has 3 aromatic rings. The fourth-order valence-electron chi connectivity index (χ4n) is 5.35. The molecule has 170 valence electrons. The van der Waals surface area contributed by atoms with Crippen LogP contribution in [0.25, 0.3) is 10.9 Å². The van der Waals surface area contributed by atoms with Crippen molar-refractivity contribution in [1.82, 2.24) is 10.3 Å². The number of hydrogen-bond acceptors (Lipinski definition) is 4. The Morgan fingerprint density at radius 1 is 0.939 bits per heavy atom. The average Bonchev–Trinajstić information content (AvgIpc) is 2.86. The molecule has 2 aliphatic rings. The molecule has 1 saturated carbocycles. The topological polar surface area (TPSA) is 68.3 Å². The van der Waals surface area contributed by atoms with Crippen molar-refractivity contribution in [2.24, 2.45) is 0 Å². The van der Waals surface area contributed by atoms with Crippen LogP contribution in [0, 0.1) is 0 Å². The zero-order valence-corrected chi connectivity index (χ0v) is 18.9. The number of rotatable bonds is 5. The SMILES string of the molecule is O=C(COC(=O)c1c2c(nc3ccccc13)CCC(c1ccccc1)C2)NC1CCCCC1. The minimum Gasteiger partial charge on any atom is -0.452 e. The van der Waals surface area contributed by atoms with Crippen LogP contribution in [0.15, 0.2) is 54.6 Å². The van der Waals surface area contributed by atoms with Crippen LogP contribution in [0.1, 0.15) is 71.6 Å². The van der Waals surface area contributed by atoms with Gasteiger partial charge in [-0.15, -0.1) is 0 Å². The fraction of sp³-hybridized carbons (Fsp3) is 0.393. The van der Waals surface area contributed by atoms with Gasteiger partial charge in [-0.2, -0.15) is 0 Å². The van der Waals surface area contributed by atoms with Gasteiger partial charge in [-0.25, -0.2) is 4.79 Å². The lowest BCUT2D eigenvalue weighted by atomic mass is 9.80. The van der Waals surface area contributed by atoms with E-state index in [0.717, 1.165) is 67.1 Å². The molecule has 1 amide bonds. The Labute approximate surface area is 194 Å². The smallest absolute Gasteiger partial charge is 0.339 e. The quantitative estimate of drug-likeness (QED) is 0.558. The van der Waals surface area contributed by atoms with E-state index in [4.69, 9.17) is 9.72 Å². The van der Waals surface area contributed by atoms with Gasteiger partial charge in [-0.1, -0.05) is 67.8 Å². The molecule has 1 atom stereocenters. The molecular weight excluding hydrogens is 412 g/mol. The van der Waals surface area contributed by atoms with Crippen molar-refractivity contribution in [3.8, 4) is 0 Å². The number of pyridine rings is 1. The highest BCUT2D eigenvalue weighted by atomic mass is 16.5. The average molecular weight is 443 g/mol. The number of fused-ring (bicyclic) bond motifs is 2. The van der Waals surface area contributed by atoms with Gasteiger partial charge in [0.2, 0.25) is 0 Å². The normalized spacial score (nSPS) is 18.5. The Kier molecular flexibility index (Phi) is 6.38. The van der Waals surface area contributed by atoms with Gasteiger partial charge in [0.25, 0.3) is 5.91 Å². The largest absolute Gasteiger partial charge is 0.452 e. The van der Waals surface area contributed by atoms with E-state index >= 15 is 0 Å². The number of para-hydroxylation sites is 1. The van der Waals surface area contributed by atoms with Gasteiger partial charge in [0, 0.05) is 17.1 Å². The first-order valence-electron chi connectivity index (χ1n) is 12.1. The molecule has 0 spiro atoms. The molecule has 0 radical (unpaired) electrons. The van der Waals surface area contributed by atoms with Crippen LogP contribution in [0.2, 0.25) is 0 Å². The molecule has 1 aromatic heterocycles. The summed E-state index contributed by atoms with van der Waals surface area (Å²) in [6.45, 7) is -0.247. The molecule has 2 aliphatic carbocycles. The second kappa shape index (κ2) is 9.74. The lowest BCUT2D eigenvalue weighted by molar-refractivity contribution is -0.125. The van der Waals surface area contributed by atoms with E-state index in [1.165, 1.54) is 12.0 Å². The number of carbonyl (C=O) groups is 2. The molecule has 0 aliphatic heterocycles.